The lowest BCUT2D eigenvalue weighted by Crippen LogP contribution is -2.15. The monoisotopic (exact) mass is 266 g/mol. The molecule has 0 aromatic carbocycles. The van der Waals surface area contributed by atoms with Gasteiger partial charge in [-0.15, -0.1) is 0 Å². The van der Waals surface area contributed by atoms with Crippen LogP contribution in [-0.2, 0) is 11.8 Å². The second-order valence-corrected chi connectivity index (χ2v) is 4.76. The molecule has 2 aromatic heterocycles. The molecule has 0 spiro atoms. The molecule has 0 atom stereocenters. The fourth-order valence-electron chi connectivity index (χ4n) is 1.53. The third-order valence-electron chi connectivity index (χ3n) is 2.51. The molecule has 0 unspecified atom stereocenters. The molecular formula is C10H14N6OS. The molecule has 0 bridgehead atoms. The fraction of sp³-hybridized carbons (Fsp3) is 0.400. The number of hydrogen-bond acceptors (Lipinski definition) is 5. The smallest absolute Gasteiger partial charge is 0.234 e. The number of thioether (sulfide) groups is 1. The number of hydrogen-bond donors (Lipinski definition) is 2. The van der Waals surface area contributed by atoms with Gasteiger partial charge < -0.3 is 5.32 Å². The highest BCUT2D eigenvalue weighted by Crippen LogP contribution is 2.19. The molecule has 2 N–H and O–H groups in total. The Hall–Kier alpha value is -1.83. The third kappa shape index (κ3) is 2.70. The Morgan fingerprint density at radius 2 is 2.33 bits per heavy atom. The van der Waals surface area contributed by atoms with Gasteiger partial charge in [-0.3, -0.25) is 14.6 Å². The summed E-state index contributed by atoms with van der Waals surface area (Å²) in [5, 5.41) is 14.1. The molecule has 18 heavy (non-hydrogen) atoms. The summed E-state index contributed by atoms with van der Waals surface area (Å²) in [7, 11) is 1.85. The first kappa shape index (κ1) is 12.6. The molecule has 2 rings (SSSR count). The minimum Gasteiger partial charge on any atom is -0.322 e. The first-order valence-electron chi connectivity index (χ1n) is 5.36. The van der Waals surface area contributed by atoms with E-state index in [1.54, 1.807) is 4.68 Å². The number of carbonyl (C=O) groups excluding carboxylic acids is 1. The molecule has 2 heterocycles. The summed E-state index contributed by atoms with van der Waals surface area (Å²) in [6.45, 7) is 3.78. The molecule has 0 saturated heterocycles. The maximum Gasteiger partial charge on any atom is 0.234 e. The zero-order valence-corrected chi connectivity index (χ0v) is 11.2. The number of nitrogens with zero attached hydrogens (tertiary/aromatic N) is 4. The van der Waals surface area contributed by atoms with Gasteiger partial charge >= 0.3 is 0 Å². The van der Waals surface area contributed by atoms with Gasteiger partial charge in [0.25, 0.3) is 0 Å². The number of rotatable bonds is 4. The van der Waals surface area contributed by atoms with E-state index in [-0.39, 0.29) is 11.7 Å². The molecule has 96 valence electrons. The summed E-state index contributed by atoms with van der Waals surface area (Å²) in [6, 6.07) is 0. The van der Waals surface area contributed by atoms with Crippen LogP contribution in [0.5, 0.6) is 0 Å². The zero-order valence-electron chi connectivity index (χ0n) is 10.4. The van der Waals surface area contributed by atoms with Gasteiger partial charge in [0.1, 0.15) is 6.33 Å². The van der Waals surface area contributed by atoms with Crippen LogP contribution in [0.1, 0.15) is 11.4 Å². The predicted octanol–water partition coefficient (Wildman–Crippen LogP) is 0.886. The largest absolute Gasteiger partial charge is 0.322 e. The van der Waals surface area contributed by atoms with Crippen molar-refractivity contribution in [3.63, 3.8) is 0 Å². The Bertz CT molecular complexity index is 547. The summed E-state index contributed by atoms with van der Waals surface area (Å²) in [4.78, 5) is 15.7. The van der Waals surface area contributed by atoms with Gasteiger partial charge in [-0.1, -0.05) is 11.8 Å². The Morgan fingerprint density at radius 3 is 2.89 bits per heavy atom. The number of nitrogens with one attached hydrogen (secondary N) is 2. The van der Waals surface area contributed by atoms with Gasteiger partial charge in [-0.05, 0) is 13.8 Å². The number of amides is 1. The van der Waals surface area contributed by atoms with Crippen molar-refractivity contribution in [2.24, 2.45) is 7.05 Å². The van der Waals surface area contributed by atoms with E-state index in [1.165, 1.54) is 18.1 Å². The van der Waals surface area contributed by atoms with Crippen molar-refractivity contribution >= 4 is 23.4 Å². The highest BCUT2D eigenvalue weighted by Gasteiger charge is 2.12. The van der Waals surface area contributed by atoms with E-state index in [0.717, 1.165) is 17.1 Å². The van der Waals surface area contributed by atoms with Crippen LogP contribution in [0.3, 0.4) is 0 Å². The minimum absolute atomic E-state index is 0.0874. The van der Waals surface area contributed by atoms with Crippen molar-refractivity contribution in [1.29, 1.82) is 0 Å². The first-order valence-corrected chi connectivity index (χ1v) is 6.34. The molecular weight excluding hydrogens is 252 g/mol. The fourth-order valence-corrected chi connectivity index (χ4v) is 2.11. The number of aromatic nitrogens is 5. The number of carbonyl (C=O) groups is 1. The van der Waals surface area contributed by atoms with Crippen LogP contribution in [0.15, 0.2) is 11.5 Å². The molecule has 2 aromatic rings. The predicted molar refractivity (Wildman–Crippen MR) is 68.4 cm³/mol. The van der Waals surface area contributed by atoms with E-state index in [4.69, 9.17) is 0 Å². The molecule has 0 aliphatic heterocycles. The lowest BCUT2D eigenvalue weighted by molar-refractivity contribution is -0.113. The van der Waals surface area contributed by atoms with Crippen LogP contribution in [0.2, 0.25) is 0 Å². The average molecular weight is 266 g/mol. The standard InChI is InChI=1S/C10H14N6OS/c1-6-9(7(2)16(3)15-6)13-8(17)4-18-10-11-5-12-14-10/h5H,4H2,1-3H3,(H,13,17)(H,11,12,14). The van der Waals surface area contributed by atoms with E-state index < -0.39 is 0 Å². The van der Waals surface area contributed by atoms with Gasteiger partial charge in [0.2, 0.25) is 5.91 Å². The van der Waals surface area contributed by atoms with Crippen molar-refractivity contribution in [3.8, 4) is 0 Å². The van der Waals surface area contributed by atoms with Crippen molar-refractivity contribution in [3.05, 3.63) is 17.7 Å². The van der Waals surface area contributed by atoms with Gasteiger partial charge in [0, 0.05) is 7.05 Å². The third-order valence-corrected chi connectivity index (χ3v) is 3.38. The van der Waals surface area contributed by atoms with Crippen LogP contribution < -0.4 is 5.32 Å². The summed E-state index contributed by atoms with van der Waals surface area (Å²) in [5.41, 5.74) is 2.53. The van der Waals surface area contributed by atoms with Crippen molar-refractivity contribution in [1.82, 2.24) is 25.0 Å². The van der Waals surface area contributed by atoms with E-state index in [1.807, 2.05) is 20.9 Å². The highest BCUT2D eigenvalue weighted by atomic mass is 32.2. The van der Waals surface area contributed by atoms with Gasteiger partial charge in [-0.2, -0.15) is 10.2 Å². The molecule has 7 nitrogen and oxygen atoms in total. The SMILES string of the molecule is Cc1nn(C)c(C)c1NC(=O)CSc1ncn[nH]1. The van der Waals surface area contributed by atoms with E-state index in [2.05, 4.69) is 25.6 Å². The molecule has 0 saturated carbocycles. The molecule has 0 fully saturated rings. The molecule has 0 radical (unpaired) electrons. The maximum atomic E-state index is 11.8. The van der Waals surface area contributed by atoms with Crippen molar-refractivity contribution < 1.29 is 4.79 Å². The Balaban J connectivity index is 1.95. The Morgan fingerprint density at radius 1 is 1.56 bits per heavy atom. The van der Waals surface area contributed by atoms with Crippen molar-refractivity contribution in [2.45, 2.75) is 19.0 Å². The number of H-pyrrole nitrogens is 1. The lowest BCUT2D eigenvalue weighted by atomic mass is 10.3. The number of anilines is 1. The van der Waals surface area contributed by atoms with Gasteiger partial charge in [-0.25, -0.2) is 4.98 Å². The highest BCUT2D eigenvalue weighted by molar-refractivity contribution is 7.99. The first-order chi connectivity index (χ1) is 8.58. The Labute approximate surface area is 108 Å². The van der Waals surface area contributed by atoms with Crippen LogP contribution in [0, 0.1) is 13.8 Å². The normalized spacial score (nSPS) is 10.6. The minimum atomic E-state index is -0.0874. The van der Waals surface area contributed by atoms with Crippen molar-refractivity contribution in [2.75, 3.05) is 11.1 Å². The summed E-state index contributed by atoms with van der Waals surface area (Å²) in [6.07, 6.45) is 1.41. The second kappa shape index (κ2) is 5.21. The van der Waals surface area contributed by atoms with Gasteiger partial charge in [0.05, 0.1) is 22.8 Å². The molecule has 0 aliphatic carbocycles. The van der Waals surface area contributed by atoms with E-state index in [9.17, 15) is 4.79 Å². The summed E-state index contributed by atoms with van der Waals surface area (Å²) in [5.74, 6) is 0.193. The number of aryl methyl sites for hydroxylation is 2. The van der Waals surface area contributed by atoms with E-state index in [0.29, 0.717) is 5.16 Å². The van der Waals surface area contributed by atoms with Crippen LogP contribution in [0.25, 0.3) is 0 Å². The van der Waals surface area contributed by atoms with Crippen LogP contribution in [-0.4, -0.2) is 36.6 Å². The molecule has 8 heteroatoms. The lowest BCUT2D eigenvalue weighted by Gasteiger charge is -2.04. The van der Waals surface area contributed by atoms with Crippen LogP contribution in [0.4, 0.5) is 5.69 Å². The van der Waals surface area contributed by atoms with Gasteiger partial charge in [0.15, 0.2) is 5.16 Å². The number of aromatic amines is 1. The van der Waals surface area contributed by atoms with Crippen LogP contribution >= 0.6 is 11.8 Å². The quantitative estimate of drug-likeness (QED) is 0.802. The second-order valence-electron chi connectivity index (χ2n) is 3.80. The summed E-state index contributed by atoms with van der Waals surface area (Å²) < 4.78 is 1.74. The zero-order chi connectivity index (χ0) is 13.1. The molecule has 0 aliphatic rings. The van der Waals surface area contributed by atoms with E-state index >= 15 is 0 Å². The average Bonchev–Trinajstić information content (AvgIpc) is 2.92. The molecule has 1 amide bonds. The maximum absolute atomic E-state index is 11.8. The summed E-state index contributed by atoms with van der Waals surface area (Å²) >= 11 is 1.30. The Kier molecular flexibility index (Phi) is 3.66. The topological polar surface area (TPSA) is 88.5 Å².